The Labute approximate surface area is 121 Å². The third kappa shape index (κ3) is 3.31. The molecular formula is C14H14ClN3O2. The molecule has 0 amide bonds. The maximum absolute atomic E-state index is 12.3. The molecule has 0 radical (unpaired) electrons. The van der Waals surface area contributed by atoms with Crippen molar-refractivity contribution in [1.29, 1.82) is 0 Å². The van der Waals surface area contributed by atoms with Gasteiger partial charge in [0.15, 0.2) is 0 Å². The van der Waals surface area contributed by atoms with Crippen molar-refractivity contribution in [2.75, 3.05) is 7.11 Å². The predicted molar refractivity (Wildman–Crippen MR) is 77.1 cm³/mol. The lowest BCUT2D eigenvalue weighted by Crippen LogP contribution is -2.23. The first-order chi connectivity index (χ1) is 9.61. The number of carbonyl (C=O) groups excluding carboxylic acids is 1. The average molecular weight is 292 g/mol. The second-order valence-electron chi connectivity index (χ2n) is 4.16. The van der Waals surface area contributed by atoms with Crippen molar-refractivity contribution in [3.05, 3.63) is 47.5 Å². The maximum atomic E-state index is 12.3. The van der Waals surface area contributed by atoms with Gasteiger partial charge in [-0.15, -0.1) is 0 Å². The second-order valence-corrected chi connectivity index (χ2v) is 4.60. The van der Waals surface area contributed by atoms with Crippen molar-refractivity contribution in [1.82, 2.24) is 14.8 Å². The minimum absolute atomic E-state index is 0.173. The number of benzene rings is 1. The van der Waals surface area contributed by atoms with Crippen LogP contribution in [0.1, 0.15) is 12.5 Å². The third-order valence-corrected chi connectivity index (χ3v) is 3.07. The fourth-order valence-electron chi connectivity index (χ4n) is 1.61. The average Bonchev–Trinajstić information content (AvgIpc) is 2.99. The van der Waals surface area contributed by atoms with Gasteiger partial charge in [-0.1, -0.05) is 23.7 Å². The monoisotopic (exact) mass is 291 g/mol. The summed E-state index contributed by atoms with van der Waals surface area (Å²) < 4.78 is 6.50. The Hall–Kier alpha value is -1.98. The lowest BCUT2D eigenvalue weighted by molar-refractivity contribution is -0.122. The smallest absolute Gasteiger partial charge is 0.209 e. The summed E-state index contributed by atoms with van der Waals surface area (Å²) in [5.41, 5.74) is 1.23. The van der Waals surface area contributed by atoms with E-state index in [2.05, 4.69) is 10.1 Å². The summed E-state index contributed by atoms with van der Waals surface area (Å²) in [5, 5.41) is 4.64. The number of Topliss-reactive ketones (excluding diaryl/α,β-unsaturated/α-hetero) is 1. The van der Waals surface area contributed by atoms with Gasteiger partial charge in [-0.2, -0.15) is 5.10 Å². The van der Waals surface area contributed by atoms with E-state index in [0.29, 0.717) is 10.7 Å². The van der Waals surface area contributed by atoms with Crippen LogP contribution in [-0.4, -0.2) is 33.8 Å². The van der Waals surface area contributed by atoms with Gasteiger partial charge in [0.2, 0.25) is 5.78 Å². The molecule has 20 heavy (non-hydrogen) atoms. The molecule has 0 aliphatic heterocycles. The van der Waals surface area contributed by atoms with Gasteiger partial charge >= 0.3 is 0 Å². The van der Waals surface area contributed by atoms with E-state index < -0.39 is 6.10 Å². The van der Waals surface area contributed by atoms with Crippen LogP contribution in [0.25, 0.3) is 11.8 Å². The third-order valence-electron chi connectivity index (χ3n) is 2.81. The molecule has 0 bridgehead atoms. The molecule has 0 spiro atoms. The molecule has 1 aromatic heterocycles. The quantitative estimate of drug-likeness (QED) is 0.794. The Balaban J connectivity index is 2.41. The van der Waals surface area contributed by atoms with E-state index in [4.69, 9.17) is 16.3 Å². The minimum Gasteiger partial charge on any atom is -0.374 e. The normalized spacial score (nSPS) is 13.2. The van der Waals surface area contributed by atoms with Crippen LogP contribution in [0.2, 0.25) is 5.02 Å². The van der Waals surface area contributed by atoms with Crippen LogP contribution in [-0.2, 0) is 9.53 Å². The molecule has 2 rings (SSSR count). The Kier molecular flexibility index (Phi) is 4.65. The molecule has 0 N–H and O–H groups in total. The first-order valence-electron chi connectivity index (χ1n) is 6.01. The van der Waals surface area contributed by atoms with Crippen molar-refractivity contribution in [2.24, 2.45) is 0 Å². The first-order valence-corrected chi connectivity index (χ1v) is 6.39. The van der Waals surface area contributed by atoms with E-state index >= 15 is 0 Å². The Bertz CT molecular complexity index is 606. The van der Waals surface area contributed by atoms with Crippen LogP contribution >= 0.6 is 11.6 Å². The van der Waals surface area contributed by atoms with Crippen molar-refractivity contribution < 1.29 is 9.53 Å². The van der Waals surface area contributed by atoms with E-state index in [1.807, 2.05) is 12.1 Å². The molecule has 1 atom stereocenters. The molecule has 5 nitrogen and oxygen atoms in total. The summed E-state index contributed by atoms with van der Waals surface area (Å²) in [6.07, 6.45) is 4.02. The molecule has 1 heterocycles. The number of carbonyl (C=O) groups is 1. The molecule has 0 saturated heterocycles. The number of methoxy groups -OCH3 is 1. The Morgan fingerprint density at radius 2 is 2.10 bits per heavy atom. The Morgan fingerprint density at radius 3 is 2.65 bits per heavy atom. The highest BCUT2D eigenvalue weighted by molar-refractivity contribution is 6.30. The highest BCUT2D eigenvalue weighted by Crippen LogP contribution is 2.16. The van der Waals surface area contributed by atoms with E-state index in [0.717, 1.165) is 5.56 Å². The number of hydrogen-bond donors (Lipinski definition) is 0. The van der Waals surface area contributed by atoms with Gasteiger partial charge in [0.25, 0.3) is 0 Å². The molecule has 0 fully saturated rings. The molecule has 6 heteroatoms. The predicted octanol–water partition coefficient (Wildman–Crippen LogP) is 2.53. The number of hydrogen-bond acceptors (Lipinski definition) is 4. The summed E-state index contributed by atoms with van der Waals surface area (Å²) in [7, 11) is 1.49. The van der Waals surface area contributed by atoms with Gasteiger partial charge in [0, 0.05) is 12.1 Å². The SMILES string of the molecule is COC(C)C(=O)/C(=C/c1ccc(Cl)cc1)n1cncn1. The van der Waals surface area contributed by atoms with Crippen molar-refractivity contribution in [2.45, 2.75) is 13.0 Å². The molecule has 0 aliphatic carbocycles. The molecule has 0 saturated carbocycles. The largest absolute Gasteiger partial charge is 0.374 e. The maximum Gasteiger partial charge on any atom is 0.209 e. The van der Waals surface area contributed by atoms with E-state index in [9.17, 15) is 4.79 Å². The van der Waals surface area contributed by atoms with Crippen LogP contribution in [0.15, 0.2) is 36.9 Å². The van der Waals surface area contributed by atoms with Crippen molar-refractivity contribution >= 4 is 29.2 Å². The molecule has 1 unspecified atom stereocenters. The first kappa shape index (κ1) is 14.4. The lowest BCUT2D eigenvalue weighted by Gasteiger charge is -2.11. The van der Waals surface area contributed by atoms with Gasteiger partial charge in [-0.05, 0) is 30.7 Å². The molecule has 0 aliphatic rings. The highest BCUT2D eigenvalue weighted by Gasteiger charge is 2.19. The number of halogens is 1. The van der Waals surface area contributed by atoms with Crippen molar-refractivity contribution in [3.8, 4) is 0 Å². The van der Waals surface area contributed by atoms with Gasteiger partial charge in [-0.25, -0.2) is 9.67 Å². The minimum atomic E-state index is -0.558. The van der Waals surface area contributed by atoms with Crippen molar-refractivity contribution in [3.63, 3.8) is 0 Å². The van der Waals surface area contributed by atoms with Crippen LogP contribution in [0.3, 0.4) is 0 Å². The number of nitrogens with zero attached hydrogens (tertiary/aromatic N) is 3. The van der Waals surface area contributed by atoms with Crippen LogP contribution < -0.4 is 0 Å². The standard InChI is InChI=1S/C14H14ClN3O2/c1-10(20-2)14(19)13(18-9-16-8-17-18)7-11-3-5-12(15)6-4-11/h3-10H,1-2H3/b13-7-. The summed E-state index contributed by atoms with van der Waals surface area (Å²) in [6.45, 7) is 1.69. The zero-order chi connectivity index (χ0) is 14.5. The molecular weight excluding hydrogens is 278 g/mol. The summed E-state index contributed by atoms with van der Waals surface area (Å²) in [5.74, 6) is -0.173. The topological polar surface area (TPSA) is 57.0 Å². The molecule has 2 aromatic rings. The van der Waals surface area contributed by atoms with Gasteiger partial charge in [-0.3, -0.25) is 4.79 Å². The highest BCUT2D eigenvalue weighted by atomic mass is 35.5. The second kappa shape index (κ2) is 6.45. The van der Waals surface area contributed by atoms with E-state index in [1.54, 1.807) is 25.1 Å². The zero-order valence-corrected chi connectivity index (χ0v) is 11.9. The van der Waals surface area contributed by atoms with Crippen LogP contribution in [0, 0.1) is 0 Å². The molecule has 1 aromatic carbocycles. The van der Waals surface area contributed by atoms with Crippen LogP contribution in [0.5, 0.6) is 0 Å². The van der Waals surface area contributed by atoms with E-state index in [1.165, 1.54) is 24.4 Å². The summed E-state index contributed by atoms with van der Waals surface area (Å²) in [6, 6.07) is 7.17. The lowest BCUT2D eigenvalue weighted by atomic mass is 10.1. The Morgan fingerprint density at radius 1 is 1.40 bits per heavy atom. The zero-order valence-electron chi connectivity index (χ0n) is 11.2. The number of aromatic nitrogens is 3. The van der Waals surface area contributed by atoms with Crippen LogP contribution in [0.4, 0.5) is 0 Å². The fourth-order valence-corrected chi connectivity index (χ4v) is 1.74. The number of ether oxygens (including phenoxy) is 1. The van der Waals surface area contributed by atoms with Gasteiger partial charge in [0.1, 0.15) is 24.5 Å². The number of ketones is 1. The summed E-state index contributed by atoms with van der Waals surface area (Å²) in [4.78, 5) is 16.2. The summed E-state index contributed by atoms with van der Waals surface area (Å²) >= 11 is 5.85. The number of rotatable bonds is 5. The van der Waals surface area contributed by atoms with Gasteiger partial charge < -0.3 is 4.74 Å². The van der Waals surface area contributed by atoms with E-state index in [-0.39, 0.29) is 5.78 Å². The fraction of sp³-hybridized carbons (Fsp3) is 0.214. The molecule has 104 valence electrons. The van der Waals surface area contributed by atoms with Gasteiger partial charge in [0.05, 0.1) is 0 Å².